The van der Waals surface area contributed by atoms with Gasteiger partial charge in [-0.1, -0.05) is 16.9 Å². The van der Waals surface area contributed by atoms with E-state index in [0.29, 0.717) is 29.4 Å². The average molecular weight is 327 g/mol. The van der Waals surface area contributed by atoms with E-state index < -0.39 is 5.97 Å². The van der Waals surface area contributed by atoms with Crippen molar-refractivity contribution < 1.29 is 19.2 Å². The molecule has 0 saturated carbocycles. The van der Waals surface area contributed by atoms with Gasteiger partial charge in [0, 0.05) is 23.6 Å². The molecule has 0 unspecified atom stereocenters. The average Bonchev–Trinajstić information content (AvgIpc) is 2.98. The van der Waals surface area contributed by atoms with Gasteiger partial charge in [-0.2, -0.15) is 0 Å². The van der Waals surface area contributed by atoms with Crippen LogP contribution in [0.25, 0.3) is 0 Å². The molecule has 2 aromatic heterocycles. The number of aromatic nitrogens is 2. The van der Waals surface area contributed by atoms with Crippen LogP contribution in [-0.2, 0) is 16.0 Å². The van der Waals surface area contributed by atoms with Gasteiger partial charge in [-0.3, -0.25) is 9.59 Å². The number of carbonyl (C=O) groups is 2. The lowest BCUT2D eigenvalue weighted by Crippen LogP contribution is -2.12. The Kier molecular flexibility index (Phi) is 5.34. The fourth-order valence-corrected chi connectivity index (χ4v) is 3.31. The third kappa shape index (κ3) is 5.20. The van der Waals surface area contributed by atoms with Crippen LogP contribution in [0.5, 0.6) is 0 Å². The van der Waals surface area contributed by atoms with Crippen LogP contribution < -0.4 is 5.32 Å². The quantitative estimate of drug-likeness (QED) is 0.751. The molecule has 21 heavy (non-hydrogen) atoms. The molecule has 112 valence electrons. The number of carbonyl (C=O) groups excluding carboxylic acids is 1. The minimum absolute atomic E-state index is 0.0803. The number of rotatable bonds is 7. The number of anilines is 1. The summed E-state index contributed by atoms with van der Waals surface area (Å²) in [5.74, 6) is 0.536. The summed E-state index contributed by atoms with van der Waals surface area (Å²) in [5.41, 5.74) is 0.539. The number of carboxylic acids is 1. The number of carboxylic acid groups (broad SMARTS) is 1. The van der Waals surface area contributed by atoms with Crippen molar-refractivity contribution in [3.05, 3.63) is 22.9 Å². The van der Waals surface area contributed by atoms with E-state index in [1.165, 1.54) is 23.1 Å². The number of hydrogen-bond acceptors (Lipinski definition) is 7. The molecule has 9 heteroatoms. The van der Waals surface area contributed by atoms with Crippen molar-refractivity contribution in [2.45, 2.75) is 24.1 Å². The Balaban J connectivity index is 1.72. The van der Waals surface area contributed by atoms with Crippen molar-refractivity contribution in [3.63, 3.8) is 0 Å². The van der Waals surface area contributed by atoms with E-state index >= 15 is 0 Å². The van der Waals surface area contributed by atoms with Crippen LogP contribution in [0.15, 0.2) is 20.3 Å². The maximum atomic E-state index is 11.7. The summed E-state index contributed by atoms with van der Waals surface area (Å²) < 4.78 is 5.61. The molecule has 0 fully saturated rings. The molecule has 0 saturated heterocycles. The van der Waals surface area contributed by atoms with Crippen molar-refractivity contribution in [1.82, 2.24) is 10.1 Å². The molecule has 0 radical (unpaired) electrons. The highest BCUT2D eigenvalue weighted by atomic mass is 32.2. The Morgan fingerprint density at radius 3 is 3.00 bits per heavy atom. The van der Waals surface area contributed by atoms with Crippen molar-refractivity contribution >= 4 is 40.8 Å². The highest BCUT2D eigenvalue weighted by Crippen LogP contribution is 2.23. The maximum absolute atomic E-state index is 11.7. The third-order valence-electron chi connectivity index (χ3n) is 2.31. The summed E-state index contributed by atoms with van der Waals surface area (Å²) in [7, 11) is 0. The Morgan fingerprint density at radius 1 is 1.52 bits per heavy atom. The lowest BCUT2D eigenvalue weighted by Gasteiger charge is -1.99. The molecule has 7 nitrogen and oxygen atoms in total. The van der Waals surface area contributed by atoms with Gasteiger partial charge < -0.3 is 14.9 Å². The van der Waals surface area contributed by atoms with E-state index in [1.54, 1.807) is 18.4 Å². The Morgan fingerprint density at radius 2 is 2.33 bits per heavy atom. The van der Waals surface area contributed by atoms with E-state index in [9.17, 15) is 9.59 Å². The predicted octanol–water partition coefficient (Wildman–Crippen LogP) is 2.19. The number of nitrogens with one attached hydrogen (secondary N) is 1. The first-order chi connectivity index (χ1) is 10.0. The Labute approximate surface area is 128 Å². The minimum Gasteiger partial charge on any atom is -0.481 e. The zero-order valence-corrected chi connectivity index (χ0v) is 12.8. The summed E-state index contributed by atoms with van der Waals surface area (Å²) >= 11 is 2.80. The van der Waals surface area contributed by atoms with Crippen LogP contribution in [-0.4, -0.2) is 32.9 Å². The lowest BCUT2D eigenvalue weighted by molar-refractivity contribution is -0.136. The van der Waals surface area contributed by atoms with Crippen molar-refractivity contribution in [2.24, 2.45) is 0 Å². The zero-order chi connectivity index (χ0) is 15.2. The van der Waals surface area contributed by atoms with Crippen molar-refractivity contribution in [2.75, 3.05) is 11.1 Å². The summed E-state index contributed by atoms with van der Waals surface area (Å²) in [6.07, 6.45) is 0.230. The van der Waals surface area contributed by atoms with E-state index in [1.807, 2.05) is 0 Å². The molecule has 0 aliphatic carbocycles. The van der Waals surface area contributed by atoms with Gasteiger partial charge in [-0.25, -0.2) is 4.98 Å². The van der Waals surface area contributed by atoms with Gasteiger partial charge in [0.2, 0.25) is 5.91 Å². The van der Waals surface area contributed by atoms with Crippen molar-refractivity contribution in [1.29, 1.82) is 0 Å². The second kappa shape index (κ2) is 7.23. The zero-order valence-electron chi connectivity index (χ0n) is 11.2. The van der Waals surface area contributed by atoms with Gasteiger partial charge >= 0.3 is 5.97 Å². The molecule has 2 rings (SSSR count). The number of thiazole rings is 1. The van der Waals surface area contributed by atoms with Crippen molar-refractivity contribution in [3.8, 4) is 0 Å². The van der Waals surface area contributed by atoms with Gasteiger partial charge in [-0.05, 0) is 6.92 Å². The molecule has 0 bridgehead atoms. The molecule has 2 heterocycles. The number of aryl methyl sites for hydroxylation is 1. The molecule has 2 aromatic rings. The molecule has 0 aromatic carbocycles. The molecule has 0 aliphatic heterocycles. The highest BCUT2D eigenvalue weighted by molar-refractivity contribution is 8.01. The molecule has 0 atom stereocenters. The van der Waals surface area contributed by atoms with Crippen LogP contribution in [0.4, 0.5) is 5.82 Å². The Bertz CT molecular complexity index is 638. The van der Waals surface area contributed by atoms with E-state index in [2.05, 4.69) is 15.5 Å². The molecule has 0 spiro atoms. The fraction of sp³-hybridized carbons (Fsp3) is 0.333. The minimum atomic E-state index is -0.904. The largest absolute Gasteiger partial charge is 0.481 e. The maximum Gasteiger partial charge on any atom is 0.309 e. The monoisotopic (exact) mass is 327 g/mol. The van der Waals surface area contributed by atoms with Crippen LogP contribution >= 0.6 is 23.1 Å². The van der Waals surface area contributed by atoms with Gasteiger partial charge in [-0.15, -0.1) is 11.3 Å². The van der Waals surface area contributed by atoms with Gasteiger partial charge in [0.1, 0.15) is 10.1 Å². The predicted molar refractivity (Wildman–Crippen MR) is 78.7 cm³/mol. The summed E-state index contributed by atoms with van der Waals surface area (Å²) in [6.45, 7) is 1.75. The van der Waals surface area contributed by atoms with Gasteiger partial charge in [0.15, 0.2) is 5.82 Å². The lowest BCUT2D eigenvalue weighted by atomic mass is 10.3. The van der Waals surface area contributed by atoms with Gasteiger partial charge in [0.05, 0.1) is 12.1 Å². The standard InChI is InChI=1S/C12H13N3O4S2/c1-7-4-9(15-19-7)14-10(16)2-3-20-12-13-8(6-21-12)5-11(17)18/h4,6H,2-3,5H2,1H3,(H,17,18)(H,14,15,16). The van der Waals surface area contributed by atoms with Crippen LogP contribution in [0.1, 0.15) is 17.9 Å². The number of amides is 1. The van der Waals surface area contributed by atoms with E-state index in [-0.39, 0.29) is 12.3 Å². The summed E-state index contributed by atoms with van der Waals surface area (Å²) in [6, 6.07) is 1.64. The summed E-state index contributed by atoms with van der Waals surface area (Å²) in [4.78, 5) is 26.4. The van der Waals surface area contributed by atoms with E-state index in [4.69, 9.17) is 9.63 Å². The third-order valence-corrected chi connectivity index (χ3v) is 4.38. The topological polar surface area (TPSA) is 105 Å². The van der Waals surface area contributed by atoms with Gasteiger partial charge in [0.25, 0.3) is 0 Å². The molecular formula is C12H13N3O4S2. The second-order valence-electron chi connectivity index (χ2n) is 4.14. The number of aliphatic carboxylic acids is 1. The number of nitrogens with zero attached hydrogens (tertiary/aromatic N) is 2. The highest BCUT2D eigenvalue weighted by Gasteiger charge is 2.09. The Hall–Kier alpha value is -1.87. The van der Waals surface area contributed by atoms with E-state index in [0.717, 1.165) is 4.34 Å². The first kappa shape index (κ1) is 15.5. The van der Waals surface area contributed by atoms with Crippen LogP contribution in [0.3, 0.4) is 0 Å². The SMILES string of the molecule is Cc1cc(NC(=O)CCSc2nc(CC(=O)O)cs2)no1. The number of thioether (sulfide) groups is 1. The van der Waals surface area contributed by atoms with Crippen LogP contribution in [0.2, 0.25) is 0 Å². The first-order valence-electron chi connectivity index (χ1n) is 6.05. The molecular weight excluding hydrogens is 314 g/mol. The molecule has 0 aliphatic rings. The fourth-order valence-electron chi connectivity index (χ4n) is 1.45. The summed E-state index contributed by atoms with van der Waals surface area (Å²) in [5, 5.41) is 16.7. The van der Waals surface area contributed by atoms with Crippen LogP contribution in [0, 0.1) is 6.92 Å². The normalized spacial score (nSPS) is 10.5. The molecule has 1 amide bonds. The molecule has 2 N–H and O–H groups in total. The number of hydrogen-bond donors (Lipinski definition) is 2. The second-order valence-corrected chi connectivity index (χ2v) is 6.34. The first-order valence-corrected chi connectivity index (χ1v) is 7.91. The smallest absolute Gasteiger partial charge is 0.309 e.